The first-order chi connectivity index (χ1) is 8.40. The van der Waals surface area contributed by atoms with Gasteiger partial charge >= 0.3 is 0 Å². The molecule has 0 aromatic rings. The molecule has 2 N–H and O–H groups in total. The van der Waals surface area contributed by atoms with Crippen molar-refractivity contribution in [2.45, 2.75) is 85.2 Å². The number of nitrogens with zero attached hydrogens (tertiary/aromatic N) is 1. The Labute approximate surface area is 121 Å². The Morgan fingerprint density at radius 3 is 1.74 bits per heavy atom. The van der Waals surface area contributed by atoms with E-state index in [1.165, 1.54) is 19.3 Å². The Bertz CT molecular complexity index is 299. The van der Waals surface area contributed by atoms with Crippen LogP contribution in [0.2, 0.25) is 0 Å². The average Bonchev–Trinajstić information content (AvgIpc) is 2.23. The molecule has 2 nitrogen and oxygen atoms in total. The zero-order chi connectivity index (χ0) is 15.1. The highest BCUT2D eigenvalue weighted by Crippen LogP contribution is 2.52. The van der Waals surface area contributed by atoms with Gasteiger partial charge in [0.25, 0.3) is 0 Å². The van der Waals surface area contributed by atoms with Gasteiger partial charge in [-0.2, -0.15) is 0 Å². The highest BCUT2D eigenvalue weighted by atomic mass is 15.2. The second kappa shape index (κ2) is 5.04. The molecule has 19 heavy (non-hydrogen) atoms. The zero-order valence-corrected chi connectivity index (χ0v) is 14.6. The summed E-state index contributed by atoms with van der Waals surface area (Å²) in [6, 6.07) is 0. The molecule has 0 saturated heterocycles. The number of nitrogens with two attached hydrogens (primary N) is 1. The van der Waals surface area contributed by atoms with E-state index in [1.54, 1.807) is 0 Å². The summed E-state index contributed by atoms with van der Waals surface area (Å²) in [7, 11) is 2.29. The molecule has 0 bridgehead atoms. The minimum atomic E-state index is 0.144. The van der Waals surface area contributed by atoms with Gasteiger partial charge in [-0.05, 0) is 57.4 Å². The molecule has 0 radical (unpaired) electrons. The normalized spacial score (nSPS) is 25.6. The van der Waals surface area contributed by atoms with E-state index in [0.29, 0.717) is 10.8 Å². The third-order valence-electron chi connectivity index (χ3n) is 5.44. The minimum Gasteiger partial charge on any atom is -0.329 e. The summed E-state index contributed by atoms with van der Waals surface area (Å²) in [5, 5.41) is 0. The van der Waals surface area contributed by atoms with E-state index >= 15 is 0 Å². The summed E-state index contributed by atoms with van der Waals surface area (Å²) in [4.78, 5) is 2.59. The lowest BCUT2D eigenvalue weighted by Crippen LogP contribution is -2.64. The van der Waals surface area contributed by atoms with Crippen LogP contribution in [0.3, 0.4) is 0 Å². The van der Waals surface area contributed by atoms with Crippen LogP contribution in [0, 0.1) is 10.8 Å². The van der Waals surface area contributed by atoms with Crippen molar-refractivity contribution in [1.82, 2.24) is 4.90 Å². The molecule has 0 aromatic carbocycles. The van der Waals surface area contributed by atoms with Crippen molar-refractivity contribution >= 4 is 0 Å². The summed E-state index contributed by atoms with van der Waals surface area (Å²) >= 11 is 0. The molecule has 0 heterocycles. The Hall–Kier alpha value is -0.0800. The summed E-state index contributed by atoms with van der Waals surface area (Å²) in [5.74, 6) is 0. The van der Waals surface area contributed by atoms with Gasteiger partial charge in [-0.15, -0.1) is 0 Å². The molecule has 0 unspecified atom stereocenters. The van der Waals surface area contributed by atoms with Crippen LogP contribution in [0.1, 0.15) is 74.1 Å². The average molecular weight is 268 g/mol. The second-order valence-corrected chi connectivity index (χ2v) is 9.01. The Kier molecular flexibility index (Phi) is 4.50. The molecule has 0 atom stereocenters. The minimum absolute atomic E-state index is 0.144. The lowest BCUT2D eigenvalue weighted by Gasteiger charge is -2.59. The van der Waals surface area contributed by atoms with E-state index in [2.05, 4.69) is 60.4 Å². The summed E-state index contributed by atoms with van der Waals surface area (Å²) in [5.41, 5.74) is 7.39. The first-order valence-electron chi connectivity index (χ1n) is 7.84. The maximum absolute atomic E-state index is 6.29. The maximum atomic E-state index is 6.29. The molecule has 0 aliphatic heterocycles. The van der Waals surface area contributed by atoms with E-state index in [4.69, 9.17) is 5.73 Å². The van der Waals surface area contributed by atoms with E-state index < -0.39 is 0 Å². The molecule has 1 aliphatic rings. The molecule has 2 heteroatoms. The van der Waals surface area contributed by atoms with Gasteiger partial charge in [0.05, 0.1) is 0 Å². The quantitative estimate of drug-likeness (QED) is 0.834. The molecule has 1 saturated carbocycles. The van der Waals surface area contributed by atoms with Gasteiger partial charge in [0, 0.05) is 17.6 Å². The summed E-state index contributed by atoms with van der Waals surface area (Å²) in [6.45, 7) is 17.4. The molecule has 1 aliphatic carbocycles. The van der Waals surface area contributed by atoms with E-state index in [1.807, 2.05) is 0 Å². The largest absolute Gasteiger partial charge is 0.329 e. The van der Waals surface area contributed by atoms with Crippen molar-refractivity contribution in [3.05, 3.63) is 0 Å². The van der Waals surface area contributed by atoms with Crippen molar-refractivity contribution in [2.75, 3.05) is 13.6 Å². The van der Waals surface area contributed by atoms with Crippen LogP contribution in [0.5, 0.6) is 0 Å². The van der Waals surface area contributed by atoms with Crippen molar-refractivity contribution < 1.29 is 0 Å². The topological polar surface area (TPSA) is 29.3 Å². The molecule has 0 aromatic heterocycles. The van der Waals surface area contributed by atoms with Crippen LogP contribution >= 0.6 is 0 Å². The lowest BCUT2D eigenvalue weighted by atomic mass is 9.57. The van der Waals surface area contributed by atoms with E-state index in [0.717, 1.165) is 13.0 Å². The predicted octanol–water partition coefficient (Wildman–Crippen LogP) is 4.04. The Morgan fingerprint density at radius 2 is 1.42 bits per heavy atom. The van der Waals surface area contributed by atoms with Gasteiger partial charge < -0.3 is 5.73 Å². The van der Waals surface area contributed by atoms with Gasteiger partial charge in [-0.1, -0.05) is 34.6 Å². The summed E-state index contributed by atoms with van der Waals surface area (Å²) < 4.78 is 0. The van der Waals surface area contributed by atoms with Crippen LogP contribution in [-0.2, 0) is 0 Å². The van der Waals surface area contributed by atoms with Gasteiger partial charge in [0.2, 0.25) is 0 Å². The molecule has 1 rings (SSSR count). The number of hydrogen-bond acceptors (Lipinski definition) is 2. The molecular weight excluding hydrogens is 232 g/mol. The smallest absolute Gasteiger partial charge is 0.0344 e. The number of hydrogen-bond donors (Lipinski definition) is 1. The van der Waals surface area contributed by atoms with Crippen molar-refractivity contribution in [3.8, 4) is 0 Å². The van der Waals surface area contributed by atoms with Crippen LogP contribution < -0.4 is 5.73 Å². The van der Waals surface area contributed by atoms with Crippen molar-refractivity contribution in [3.63, 3.8) is 0 Å². The van der Waals surface area contributed by atoms with Crippen LogP contribution in [0.25, 0.3) is 0 Å². The first kappa shape index (κ1) is 17.0. The lowest BCUT2D eigenvalue weighted by molar-refractivity contribution is -0.0726. The SMILES string of the molecule is CCC(C)(C)N(C)C1(CN)CC(C)(C)CC(C)(C)C1. The fourth-order valence-corrected chi connectivity index (χ4v) is 4.66. The van der Waals surface area contributed by atoms with Crippen LogP contribution in [0.4, 0.5) is 0 Å². The Balaban J connectivity index is 3.16. The zero-order valence-electron chi connectivity index (χ0n) is 14.6. The fraction of sp³-hybridized carbons (Fsp3) is 1.00. The monoisotopic (exact) mass is 268 g/mol. The van der Waals surface area contributed by atoms with Crippen LogP contribution in [-0.4, -0.2) is 29.6 Å². The first-order valence-corrected chi connectivity index (χ1v) is 7.84. The van der Waals surface area contributed by atoms with Gasteiger partial charge in [0.1, 0.15) is 0 Å². The molecule has 114 valence electrons. The van der Waals surface area contributed by atoms with Crippen molar-refractivity contribution in [2.24, 2.45) is 16.6 Å². The van der Waals surface area contributed by atoms with E-state index in [-0.39, 0.29) is 11.1 Å². The highest BCUT2D eigenvalue weighted by molar-refractivity contribution is 5.06. The van der Waals surface area contributed by atoms with Crippen LogP contribution in [0.15, 0.2) is 0 Å². The third kappa shape index (κ3) is 3.52. The standard InChI is InChI=1S/C17H36N2/c1-9-16(6,7)19(8)17(13-18)11-14(2,3)10-15(4,5)12-17/h9-13,18H2,1-8H3. The second-order valence-electron chi connectivity index (χ2n) is 9.01. The highest BCUT2D eigenvalue weighted by Gasteiger charge is 2.51. The van der Waals surface area contributed by atoms with Gasteiger partial charge in [-0.3, -0.25) is 4.90 Å². The molecule has 0 spiro atoms. The van der Waals surface area contributed by atoms with Gasteiger partial charge in [0.15, 0.2) is 0 Å². The molecule has 1 fully saturated rings. The number of likely N-dealkylation sites (N-methyl/N-ethyl adjacent to an activating group) is 1. The number of rotatable bonds is 4. The predicted molar refractivity (Wildman–Crippen MR) is 85.3 cm³/mol. The Morgan fingerprint density at radius 1 is 1.00 bits per heavy atom. The van der Waals surface area contributed by atoms with Gasteiger partial charge in [-0.25, -0.2) is 0 Å². The molecular formula is C17H36N2. The van der Waals surface area contributed by atoms with E-state index in [9.17, 15) is 0 Å². The van der Waals surface area contributed by atoms with Crippen molar-refractivity contribution in [1.29, 1.82) is 0 Å². The summed E-state index contributed by atoms with van der Waals surface area (Å²) in [6.07, 6.45) is 4.87. The third-order valence-corrected chi connectivity index (χ3v) is 5.44. The maximum Gasteiger partial charge on any atom is 0.0344 e. The molecule has 0 amide bonds. The fourth-order valence-electron chi connectivity index (χ4n) is 4.66.